The normalized spacial score (nSPS) is 21.0. The number of nitrogen functional groups attached to an aromatic ring is 1. The maximum Gasteiger partial charge on any atom is 0.276 e. The van der Waals surface area contributed by atoms with E-state index in [1.807, 2.05) is 4.90 Å². The largest absolute Gasteiger partial charge is 0.382 e. The van der Waals surface area contributed by atoms with Crippen LogP contribution in [0, 0.1) is 5.92 Å². The van der Waals surface area contributed by atoms with Gasteiger partial charge in [-0.05, 0) is 25.2 Å². The summed E-state index contributed by atoms with van der Waals surface area (Å²) >= 11 is 0. The van der Waals surface area contributed by atoms with Crippen LogP contribution in [0.5, 0.6) is 0 Å². The molecule has 17 heavy (non-hydrogen) atoms. The second kappa shape index (κ2) is 5.12. The number of carbonyl (C=O) groups is 1. The molecule has 1 aromatic heterocycles. The van der Waals surface area contributed by atoms with Crippen LogP contribution in [-0.2, 0) is 0 Å². The Morgan fingerprint density at radius 3 is 2.88 bits per heavy atom. The Morgan fingerprint density at radius 1 is 1.35 bits per heavy atom. The molecule has 0 saturated carbocycles. The maximum absolute atomic E-state index is 12.2. The number of hydrogen-bond acceptors (Lipinski definition) is 4. The van der Waals surface area contributed by atoms with Gasteiger partial charge in [0, 0.05) is 25.5 Å². The monoisotopic (exact) mass is 234 g/mol. The molecule has 1 unspecified atom stereocenters. The topological polar surface area (TPSA) is 72.1 Å². The molecule has 0 aliphatic carbocycles. The van der Waals surface area contributed by atoms with Gasteiger partial charge in [-0.3, -0.25) is 4.79 Å². The van der Waals surface area contributed by atoms with Crippen molar-refractivity contribution < 1.29 is 4.79 Å². The van der Waals surface area contributed by atoms with Crippen molar-refractivity contribution in [3.63, 3.8) is 0 Å². The van der Waals surface area contributed by atoms with Crippen LogP contribution >= 0.6 is 0 Å². The summed E-state index contributed by atoms with van der Waals surface area (Å²) in [6.07, 6.45) is 6.28. The fourth-order valence-electron chi connectivity index (χ4n) is 2.13. The lowest BCUT2D eigenvalue weighted by Crippen LogP contribution is -2.33. The van der Waals surface area contributed by atoms with Gasteiger partial charge in [-0.1, -0.05) is 6.92 Å². The number of carbonyl (C=O) groups excluding carboxylic acids is 1. The first-order valence-corrected chi connectivity index (χ1v) is 6.04. The zero-order valence-corrected chi connectivity index (χ0v) is 10.1. The fraction of sp³-hybridized carbons (Fsp3) is 0.583. The van der Waals surface area contributed by atoms with E-state index in [2.05, 4.69) is 16.9 Å². The van der Waals surface area contributed by atoms with Crippen LogP contribution in [0.15, 0.2) is 12.4 Å². The number of aromatic nitrogens is 2. The summed E-state index contributed by atoms with van der Waals surface area (Å²) < 4.78 is 0. The van der Waals surface area contributed by atoms with Gasteiger partial charge in [-0.15, -0.1) is 0 Å². The van der Waals surface area contributed by atoms with E-state index in [4.69, 9.17) is 5.73 Å². The molecule has 1 amide bonds. The molecule has 0 spiro atoms. The smallest absolute Gasteiger partial charge is 0.276 e. The standard InChI is InChI=1S/C12H18N4O/c1-9-3-2-7-16(8-4-9)12(17)10-11(13)15-6-5-14-10/h5-6,9H,2-4,7-8H2,1H3,(H2,13,15). The van der Waals surface area contributed by atoms with Gasteiger partial charge in [0.15, 0.2) is 11.5 Å². The Hall–Kier alpha value is -1.65. The number of anilines is 1. The van der Waals surface area contributed by atoms with Gasteiger partial charge in [0.25, 0.3) is 5.91 Å². The Labute approximate surface area is 101 Å². The number of amides is 1. The molecule has 1 aromatic rings. The van der Waals surface area contributed by atoms with Crippen LogP contribution in [0.3, 0.4) is 0 Å². The van der Waals surface area contributed by atoms with E-state index in [9.17, 15) is 4.79 Å². The van der Waals surface area contributed by atoms with Crippen molar-refractivity contribution in [1.29, 1.82) is 0 Å². The third-order valence-corrected chi connectivity index (χ3v) is 3.23. The highest BCUT2D eigenvalue weighted by atomic mass is 16.2. The highest BCUT2D eigenvalue weighted by Gasteiger charge is 2.22. The fourth-order valence-corrected chi connectivity index (χ4v) is 2.13. The van der Waals surface area contributed by atoms with Crippen molar-refractivity contribution in [3.05, 3.63) is 18.1 Å². The van der Waals surface area contributed by atoms with Crippen LogP contribution in [0.1, 0.15) is 36.7 Å². The summed E-state index contributed by atoms with van der Waals surface area (Å²) in [4.78, 5) is 22.0. The van der Waals surface area contributed by atoms with Gasteiger partial charge in [0.1, 0.15) is 0 Å². The Kier molecular flexibility index (Phi) is 3.56. The minimum atomic E-state index is -0.0929. The zero-order valence-electron chi connectivity index (χ0n) is 10.1. The van der Waals surface area contributed by atoms with Gasteiger partial charge in [0.05, 0.1) is 0 Å². The molecular weight excluding hydrogens is 216 g/mol. The summed E-state index contributed by atoms with van der Waals surface area (Å²) in [5.41, 5.74) is 5.95. The van der Waals surface area contributed by atoms with Crippen molar-refractivity contribution in [3.8, 4) is 0 Å². The van der Waals surface area contributed by atoms with Crippen LogP contribution in [0.2, 0.25) is 0 Å². The van der Waals surface area contributed by atoms with E-state index in [0.29, 0.717) is 5.92 Å². The lowest BCUT2D eigenvalue weighted by atomic mass is 10.0. The SMILES string of the molecule is CC1CCCN(C(=O)c2nccnc2N)CC1. The first-order valence-electron chi connectivity index (χ1n) is 6.04. The van der Waals surface area contributed by atoms with Crippen molar-refractivity contribution in [1.82, 2.24) is 14.9 Å². The summed E-state index contributed by atoms with van der Waals surface area (Å²) in [6, 6.07) is 0. The van der Waals surface area contributed by atoms with Crippen molar-refractivity contribution in [2.24, 2.45) is 5.92 Å². The number of likely N-dealkylation sites (tertiary alicyclic amines) is 1. The third-order valence-electron chi connectivity index (χ3n) is 3.23. The number of hydrogen-bond donors (Lipinski definition) is 1. The number of nitrogens with two attached hydrogens (primary N) is 1. The van der Waals surface area contributed by atoms with Gasteiger partial charge < -0.3 is 10.6 Å². The minimum Gasteiger partial charge on any atom is -0.382 e. The molecule has 2 rings (SSSR count). The molecule has 1 fully saturated rings. The molecule has 2 N–H and O–H groups in total. The highest BCUT2D eigenvalue weighted by molar-refractivity contribution is 5.96. The van der Waals surface area contributed by atoms with Crippen LogP contribution < -0.4 is 5.73 Å². The third kappa shape index (κ3) is 2.72. The van der Waals surface area contributed by atoms with E-state index in [-0.39, 0.29) is 17.4 Å². The molecule has 0 radical (unpaired) electrons. The lowest BCUT2D eigenvalue weighted by Gasteiger charge is -2.20. The van der Waals surface area contributed by atoms with E-state index >= 15 is 0 Å². The van der Waals surface area contributed by atoms with E-state index in [0.717, 1.165) is 25.9 Å². The predicted octanol–water partition coefficient (Wildman–Crippen LogP) is 1.32. The van der Waals surface area contributed by atoms with E-state index in [1.165, 1.54) is 18.8 Å². The lowest BCUT2D eigenvalue weighted by molar-refractivity contribution is 0.0755. The summed E-state index contributed by atoms with van der Waals surface area (Å²) in [5, 5.41) is 0. The molecule has 92 valence electrons. The molecule has 0 bridgehead atoms. The average Bonchev–Trinajstić information content (AvgIpc) is 2.54. The van der Waals surface area contributed by atoms with Crippen molar-refractivity contribution in [2.75, 3.05) is 18.8 Å². The highest BCUT2D eigenvalue weighted by Crippen LogP contribution is 2.18. The Bertz CT molecular complexity index is 407. The first kappa shape index (κ1) is 11.8. The van der Waals surface area contributed by atoms with E-state index < -0.39 is 0 Å². The summed E-state index contributed by atoms with van der Waals surface area (Å²) in [5.74, 6) is 0.812. The number of nitrogens with zero attached hydrogens (tertiary/aromatic N) is 3. The maximum atomic E-state index is 12.2. The molecule has 2 heterocycles. The summed E-state index contributed by atoms with van der Waals surface area (Å²) in [7, 11) is 0. The predicted molar refractivity (Wildman–Crippen MR) is 65.4 cm³/mol. The molecule has 1 aliphatic heterocycles. The average molecular weight is 234 g/mol. The van der Waals surface area contributed by atoms with Gasteiger partial charge in [-0.25, -0.2) is 9.97 Å². The van der Waals surface area contributed by atoms with Gasteiger partial charge >= 0.3 is 0 Å². The van der Waals surface area contributed by atoms with Crippen LogP contribution in [0.4, 0.5) is 5.82 Å². The van der Waals surface area contributed by atoms with Crippen LogP contribution in [-0.4, -0.2) is 33.9 Å². The Morgan fingerprint density at radius 2 is 2.12 bits per heavy atom. The second-order valence-corrected chi connectivity index (χ2v) is 4.62. The number of rotatable bonds is 1. The first-order chi connectivity index (χ1) is 8.18. The summed E-state index contributed by atoms with van der Waals surface area (Å²) in [6.45, 7) is 3.81. The second-order valence-electron chi connectivity index (χ2n) is 4.62. The molecule has 1 atom stereocenters. The van der Waals surface area contributed by atoms with E-state index in [1.54, 1.807) is 0 Å². The van der Waals surface area contributed by atoms with Crippen LogP contribution in [0.25, 0.3) is 0 Å². The molecule has 1 aliphatic rings. The molecule has 5 nitrogen and oxygen atoms in total. The molecule has 1 saturated heterocycles. The van der Waals surface area contributed by atoms with Crippen molar-refractivity contribution in [2.45, 2.75) is 26.2 Å². The van der Waals surface area contributed by atoms with Crippen molar-refractivity contribution >= 4 is 11.7 Å². The Balaban J connectivity index is 2.12. The zero-order chi connectivity index (χ0) is 12.3. The molecule has 5 heteroatoms. The van der Waals surface area contributed by atoms with Gasteiger partial charge in [-0.2, -0.15) is 0 Å². The minimum absolute atomic E-state index is 0.0929. The molecule has 0 aromatic carbocycles. The quantitative estimate of drug-likeness (QED) is 0.795. The van der Waals surface area contributed by atoms with Gasteiger partial charge in [0.2, 0.25) is 0 Å². The molecular formula is C12H18N4O.